The molecule has 0 amide bonds. The van der Waals surface area contributed by atoms with E-state index in [9.17, 15) is 4.79 Å². The first kappa shape index (κ1) is 13.3. The standard InChI is InChI=1S/C14H24O2/c1-4-7-9-11(10-8-5-2)13-12(6-3)16-14(13)15/h12H,4-10H2,1-3H3. The summed E-state index contributed by atoms with van der Waals surface area (Å²) in [4.78, 5) is 11.5. The minimum absolute atomic E-state index is 0.0611. The molecule has 1 fully saturated rings. The summed E-state index contributed by atoms with van der Waals surface area (Å²) in [6.07, 6.45) is 7.93. The molecule has 1 unspecified atom stereocenters. The predicted molar refractivity (Wildman–Crippen MR) is 66.2 cm³/mol. The summed E-state index contributed by atoms with van der Waals surface area (Å²) in [5.74, 6) is -0.0611. The summed E-state index contributed by atoms with van der Waals surface area (Å²) in [6, 6.07) is 0. The molecule has 1 heterocycles. The van der Waals surface area contributed by atoms with Crippen molar-refractivity contribution in [1.82, 2.24) is 0 Å². The van der Waals surface area contributed by atoms with Crippen molar-refractivity contribution in [3.05, 3.63) is 11.1 Å². The second-order valence-corrected chi connectivity index (χ2v) is 4.53. The minimum Gasteiger partial charge on any atom is -0.454 e. The predicted octanol–water partition coefficient (Wildman–Crippen LogP) is 4.00. The Morgan fingerprint density at radius 1 is 1.12 bits per heavy atom. The number of hydrogen-bond donors (Lipinski definition) is 0. The van der Waals surface area contributed by atoms with Gasteiger partial charge in [0.2, 0.25) is 0 Å². The molecule has 0 spiro atoms. The summed E-state index contributed by atoms with van der Waals surface area (Å²) in [7, 11) is 0. The van der Waals surface area contributed by atoms with E-state index in [0.717, 1.165) is 24.8 Å². The third-order valence-electron chi connectivity index (χ3n) is 3.21. The van der Waals surface area contributed by atoms with Gasteiger partial charge in [0.05, 0.1) is 5.57 Å². The highest BCUT2D eigenvalue weighted by atomic mass is 16.6. The van der Waals surface area contributed by atoms with E-state index in [2.05, 4.69) is 20.8 Å². The van der Waals surface area contributed by atoms with Gasteiger partial charge >= 0.3 is 5.97 Å². The molecule has 0 aromatic heterocycles. The first-order valence-corrected chi connectivity index (χ1v) is 6.67. The Labute approximate surface area is 99.1 Å². The lowest BCUT2D eigenvalue weighted by Crippen LogP contribution is -2.37. The van der Waals surface area contributed by atoms with Gasteiger partial charge in [-0.2, -0.15) is 0 Å². The van der Waals surface area contributed by atoms with E-state index in [0.29, 0.717) is 0 Å². The fraction of sp³-hybridized carbons (Fsp3) is 0.786. The molecule has 2 heteroatoms. The molecule has 0 aromatic carbocycles. The fourth-order valence-electron chi connectivity index (χ4n) is 2.16. The summed E-state index contributed by atoms with van der Waals surface area (Å²) in [6.45, 7) is 6.46. The van der Waals surface area contributed by atoms with Crippen LogP contribution in [-0.2, 0) is 9.53 Å². The SMILES string of the molecule is CCCCC(CCCC)=C1C(=O)OC1CC. The molecule has 92 valence electrons. The van der Waals surface area contributed by atoms with E-state index in [4.69, 9.17) is 4.74 Å². The lowest BCUT2D eigenvalue weighted by Gasteiger charge is -2.31. The first-order chi connectivity index (χ1) is 7.74. The molecule has 0 saturated carbocycles. The third-order valence-corrected chi connectivity index (χ3v) is 3.21. The topological polar surface area (TPSA) is 26.3 Å². The van der Waals surface area contributed by atoms with Gasteiger partial charge in [0.25, 0.3) is 0 Å². The second kappa shape index (κ2) is 6.72. The molecular formula is C14H24O2. The van der Waals surface area contributed by atoms with Crippen molar-refractivity contribution in [2.75, 3.05) is 0 Å². The van der Waals surface area contributed by atoms with E-state index in [-0.39, 0.29) is 12.1 Å². The number of hydrogen-bond acceptors (Lipinski definition) is 2. The normalized spacial score (nSPS) is 19.3. The lowest BCUT2D eigenvalue weighted by atomic mass is 9.90. The van der Waals surface area contributed by atoms with Gasteiger partial charge in [-0.25, -0.2) is 4.79 Å². The Balaban J connectivity index is 2.70. The molecular weight excluding hydrogens is 200 g/mol. The van der Waals surface area contributed by atoms with Crippen LogP contribution in [0.5, 0.6) is 0 Å². The van der Waals surface area contributed by atoms with Gasteiger partial charge in [0.15, 0.2) is 0 Å². The number of ether oxygens (including phenoxy) is 1. The molecule has 0 bridgehead atoms. The summed E-state index contributed by atoms with van der Waals surface area (Å²) in [5, 5.41) is 0. The average Bonchev–Trinajstić information content (AvgIpc) is 2.28. The zero-order valence-corrected chi connectivity index (χ0v) is 10.8. The van der Waals surface area contributed by atoms with Gasteiger partial charge in [0, 0.05) is 0 Å². The Bertz CT molecular complexity index is 256. The summed E-state index contributed by atoms with van der Waals surface area (Å²) >= 11 is 0. The smallest absolute Gasteiger partial charge is 0.338 e. The zero-order valence-electron chi connectivity index (χ0n) is 10.8. The Kier molecular flexibility index (Phi) is 5.58. The maximum absolute atomic E-state index is 11.5. The van der Waals surface area contributed by atoms with Crippen LogP contribution < -0.4 is 0 Å². The van der Waals surface area contributed by atoms with Crippen LogP contribution in [0.2, 0.25) is 0 Å². The van der Waals surface area contributed by atoms with Crippen LogP contribution >= 0.6 is 0 Å². The van der Waals surface area contributed by atoms with E-state index >= 15 is 0 Å². The van der Waals surface area contributed by atoms with Crippen molar-refractivity contribution in [1.29, 1.82) is 0 Å². The van der Waals surface area contributed by atoms with Crippen LogP contribution in [0.1, 0.15) is 65.7 Å². The number of cyclic esters (lactones) is 1. The fourth-order valence-corrected chi connectivity index (χ4v) is 2.16. The molecule has 16 heavy (non-hydrogen) atoms. The first-order valence-electron chi connectivity index (χ1n) is 6.67. The summed E-state index contributed by atoms with van der Waals surface area (Å²) < 4.78 is 5.14. The van der Waals surface area contributed by atoms with Crippen LogP contribution in [0.15, 0.2) is 11.1 Å². The van der Waals surface area contributed by atoms with Gasteiger partial charge in [0.1, 0.15) is 6.10 Å². The Hall–Kier alpha value is -0.790. The highest BCUT2D eigenvalue weighted by Gasteiger charge is 2.36. The zero-order chi connectivity index (χ0) is 12.0. The van der Waals surface area contributed by atoms with E-state index < -0.39 is 0 Å². The van der Waals surface area contributed by atoms with Crippen molar-refractivity contribution in [3.8, 4) is 0 Å². The molecule has 2 nitrogen and oxygen atoms in total. The number of esters is 1. The molecule has 1 atom stereocenters. The monoisotopic (exact) mass is 224 g/mol. The average molecular weight is 224 g/mol. The highest BCUT2D eigenvalue weighted by Crippen LogP contribution is 2.31. The maximum atomic E-state index is 11.5. The van der Waals surface area contributed by atoms with Crippen LogP contribution in [0.3, 0.4) is 0 Å². The molecule has 0 aliphatic carbocycles. The number of unbranched alkanes of at least 4 members (excludes halogenated alkanes) is 2. The number of carbonyl (C=O) groups excluding carboxylic acids is 1. The van der Waals surface area contributed by atoms with E-state index in [1.165, 1.54) is 31.3 Å². The molecule has 1 aliphatic heterocycles. The maximum Gasteiger partial charge on any atom is 0.338 e. The van der Waals surface area contributed by atoms with Gasteiger partial charge in [-0.15, -0.1) is 0 Å². The minimum atomic E-state index is -0.0611. The summed E-state index contributed by atoms with van der Waals surface area (Å²) in [5.41, 5.74) is 2.37. The van der Waals surface area contributed by atoms with Gasteiger partial charge in [-0.1, -0.05) is 39.2 Å². The molecule has 1 rings (SSSR count). The lowest BCUT2D eigenvalue weighted by molar-refractivity contribution is -0.156. The quantitative estimate of drug-likeness (QED) is 0.482. The van der Waals surface area contributed by atoms with Gasteiger partial charge < -0.3 is 4.74 Å². The molecule has 0 N–H and O–H groups in total. The van der Waals surface area contributed by atoms with Gasteiger partial charge in [-0.3, -0.25) is 0 Å². The third kappa shape index (κ3) is 3.10. The van der Waals surface area contributed by atoms with Gasteiger partial charge in [-0.05, 0) is 32.1 Å². The van der Waals surface area contributed by atoms with Crippen molar-refractivity contribution >= 4 is 5.97 Å². The van der Waals surface area contributed by atoms with Crippen LogP contribution in [0.4, 0.5) is 0 Å². The number of carbonyl (C=O) groups is 1. The van der Waals surface area contributed by atoms with E-state index in [1.807, 2.05) is 0 Å². The van der Waals surface area contributed by atoms with Crippen molar-refractivity contribution < 1.29 is 9.53 Å². The molecule has 0 aromatic rings. The molecule has 1 saturated heterocycles. The van der Waals surface area contributed by atoms with E-state index in [1.54, 1.807) is 0 Å². The highest BCUT2D eigenvalue weighted by molar-refractivity contribution is 5.96. The van der Waals surface area contributed by atoms with Crippen LogP contribution in [0.25, 0.3) is 0 Å². The molecule has 1 aliphatic rings. The van der Waals surface area contributed by atoms with Crippen molar-refractivity contribution in [2.45, 2.75) is 71.8 Å². The van der Waals surface area contributed by atoms with Crippen molar-refractivity contribution in [2.24, 2.45) is 0 Å². The molecule has 0 radical (unpaired) electrons. The van der Waals surface area contributed by atoms with Crippen molar-refractivity contribution in [3.63, 3.8) is 0 Å². The Morgan fingerprint density at radius 3 is 2.06 bits per heavy atom. The second-order valence-electron chi connectivity index (χ2n) is 4.53. The number of rotatable bonds is 7. The largest absolute Gasteiger partial charge is 0.454 e. The van der Waals surface area contributed by atoms with Crippen LogP contribution in [-0.4, -0.2) is 12.1 Å². The van der Waals surface area contributed by atoms with Crippen LogP contribution in [0, 0.1) is 0 Å². The Morgan fingerprint density at radius 2 is 1.69 bits per heavy atom. The number of allylic oxidation sites excluding steroid dienone is 1.